The van der Waals surface area contributed by atoms with E-state index in [9.17, 15) is 8.42 Å². The van der Waals surface area contributed by atoms with Crippen molar-refractivity contribution < 1.29 is 12.6 Å². The van der Waals surface area contributed by atoms with E-state index in [1.54, 1.807) is 24.3 Å². The molecule has 1 saturated carbocycles. The highest BCUT2D eigenvalue weighted by Crippen LogP contribution is 2.32. The Bertz CT molecular complexity index is 751. The summed E-state index contributed by atoms with van der Waals surface area (Å²) in [4.78, 5) is 0.247. The van der Waals surface area contributed by atoms with E-state index in [0.29, 0.717) is 0 Å². The molecule has 0 N–H and O–H groups in total. The number of rotatable bonds is 5. The Balaban J connectivity index is 1.74. The summed E-state index contributed by atoms with van der Waals surface area (Å²) in [6.45, 7) is 1.94. The highest BCUT2D eigenvalue weighted by atomic mass is 32.2. The van der Waals surface area contributed by atoms with E-state index in [1.807, 2.05) is 25.1 Å². The van der Waals surface area contributed by atoms with Crippen molar-refractivity contribution in [2.24, 2.45) is 5.92 Å². The fourth-order valence-electron chi connectivity index (χ4n) is 3.37. The smallest absolute Gasteiger partial charge is 0.263 e. The second-order valence-corrected chi connectivity index (χ2v) is 8.21. The minimum absolute atomic E-state index is 0.231. The van der Waals surface area contributed by atoms with Crippen molar-refractivity contribution in [2.75, 3.05) is 0 Å². The van der Waals surface area contributed by atoms with Crippen molar-refractivity contribution in [3.8, 4) is 0 Å². The molecule has 1 fully saturated rings. The lowest BCUT2D eigenvalue weighted by Crippen LogP contribution is -2.31. The molecule has 2 aromatic rings. The summed E-state index contributed by atoms with van der Waals surface area (Å²) in [5.41, 5.74) is 2.28. The SMILES string of the molecule is Cc1ccc(S(=O)(=O)O[C@H]2CCCC[C@H]2Cc2ccccc2)cc1. The molecule has 24 heavy (non-hydrogen) atoms. The first-order valence-corrected chi connectivity index (χ1v) is 9.99. The molecule has 0 radical (unpaired) electrons. The summed E-state index contributed by atoms with van der Waals surface area (Å²) in [6, 6.07) is 17.1. The summed E-state index contributed by atoms with van der Waals surface area (Å²) < 4.78 is 30.8. The van der Waals surface area contributed by atoms with Crippen LogP contribution in [-0.2, 0) is 20.7 Å². The van der Waals surface area contributed by atoms with Gasteiger partial charge in [0.1, 0.15) is 0 Å². The van der Waals surface area contributed by atoms with E-state index in [2.05, 4.69) is 12.1 Å². The van der Waals surface area contributed by atoms with Crippen LogP contribution in [0.5, 0.6) is 0 Å². The maximum Gasteiger partial charge on any atom is 0.297 e. The van der Waals surface area contributed by atoms with Crippen LogP contribution in [0.2, 0.25) is 0 Å². The third-order valence-electron chi connectivity index (χ3n) is 4.74. The first kappa shape index (κ1) is 17.2. The average molecular weight is 344 g/mol. The van der Waals surface area contributed by atoms with Gasteiger partial charge in [-0.15, -0.1) is 0 Å². The zero-order valence-electron chi connectivity index (χ0n) is 14.0. The van der Waals surface area contributed by atoms with Crippen LogP contribution in [0.25, 0.3) is 0 Å². The Morgan fingerprint density at radius 2 is 1.62 bits per heavy atom. The average Bonchev–Trinajstić information content (AvgIpc) is 2.58. The molecule has 4 heteroatoms. The van der Waals surface area contributed by atoms with Gasteiger partial charge in [-0.2, -0.15) is 8.42 Å². The minimum Gasteiger partial charge on any atom is -0.263 e. The Kier molecular flexibility index (Phi) is 5.36. The zero-order chi connectivity index (χ0) is 17.0. The predicted octanol–water partition coefficient (Wildman–Crippen LogP) is 4.50. The molecule has 0 unspecified atom stereocenters. The molecular formula is C20H24O3S. The van der Waals surface area contributed by atoms with E-state index in [-0.39, 0.29) is 16.9 Å². The molecule has 3 rings (SSSR count). The predicted molar refractivity (Wildman–Crippen MR) is 95.3 cm³/mol. The summed E-state index contributed by atoms with van der Waals surface area (Å²) in [6.07, 6.45) is 4.63. The van der Waals surface area contributed by atoms with Gasteiger partial charge < -0.3 is 0 Å². The molecule has 0 amide bonds. The van der Waals surface area contributed by atoms with Gasteiger partial charge in [-0.25, -0.2) is 0 Å². The van der Waals surface area contributed by atoms with Crippen molar-refractivity contribution in [3.05, 3.63) is 65.7 Å². The van der Waals surface area contributed by atoms with Gasteiger partial charge in [-0.1, -0.05) is 60.9 Å². The van der Waals surface area contributed by atoms with Crippen LogP contribution in [-0.4, -0.2) is 14.5 Å². The number of hydrogen-bond donors (Lipinski definition) is 0. The molecule has 3 nitrogen and oxygen atoms in total. The minimum atomic E-state index is -3.70. The monoisotopic (exact) mass is 344 g/mol. The van der Waals surface area contributed by atoms with Crippen molar-refractivity contribution >= 4 is 10.1 Å². The quantitative estimate of drug-likeness (QED) is 0.750. The van der Waals surface area contributed by atoms with Crippen molar-refractivity contribution in [2.45, 2.75) is 50.0 Å². The van der Waals surface area contributed by atoms with Crippen molar-refractivity contribution in [3.63, 3.8) is 0 Å². The zero-order valence-corrected chi connectivity index (χ0v) is 14.8. The maximum atomic E-state index is 12.6. The van der Waals surface area contributed by atoms with E-state index in [1.165, 1.54) is 5.56 Å². The third kappa shape index (κ3) is 4.25. The maximum absolute atomic E-state index is 12.6. The Hall–Kier alpha value is -1.65. The van der Waals surface area contributed by atoms with E-state index >= 15 is 0 Å². The Labute approximate surface area is 144 Å². The molecule has 128 valence electrons. The van der Waals surface area contributed by atoms with Gasteiger partial charge in [-0.05, 0) is 49.8 Å². The van der Waals surface area contributed by atoms with E-state index in [4.69, 9.17) is 4.18 Å². The summed E-state index contributed by atoms with van der Waals surface area (Å²) in [5, 5.41) is 0. The van der Waals surface area contributed by atoms with Crippen LogP contribution in [0.1, 0.15) is 36.8 Å². The summed E-state index contributed by atoms with van der Waals surface area (Å²) in [7, 11) is -3.70. The molecule has 1 aliphatic rings. The van der Waals surface area contributed by atoms with Gasteiger partial charge in [0.2, 0.25) is 0 Å². The summed E-state index contributed by atoms with van der Waals surface area (Å²) in [5.74, 6) is 0.251. The molecule has 0 spiro atoms. The largest absolute Gasteiger partial charge is 0.297 e. The second-order valence-electron chi connectivity index (χ2n) is 6.64. The van der Waals surface area contributed by atoms with Gasteiger partial charge >= 0.3 is 0 Å². The molecule has 0 saturated heterocycles. The normalized spacial score (nSPS) is 21.5. The van der Waals surface area contributed by atoms with Gasteiger partial charge in [0.05, 0.1) is 11.0 Å². The van der Waals surface area contributed by atoms with Crippen LogP contribution < -0.4 is 0 Å². The molecule has 0 bridgehead atoms. The fourth-order valence-corrected chi connectivity index (χ4v) is 4.53. The first-order chi connectivity index (χ1) is 11.5. The standard InChI is InChI=1S/C20H24O3S/c1-16-11-13-19(14-12-16)24(21,22)23-20-10-6-5-9-18(20)15-17-7-3-2-4-8-17/h2-4,7-8,11-14,18,20H,5-6,9-10,15H2,1H3/t18-,20-/m0/s1. The van der Waals surface area contributed by atoms with Crippen LogP contribution >= 0.6 is 0 Å². The Morgan fingerprint density at radius 1 is 0.958 bits per heavy atom. The number of benzene rings is 2. The van der Waals surface area contributed by atoms with Crippen molar-refractivity contribution in [1.29, 1.82) is 0 Å². The lowest BCUT2D eigenvalue weighted by atomic mass is 9.82. The number of aryl methyl sites for hydroxylation is 1. The second kappa shape index (κ2) is 7.49. The molecule has 0 heterocycles. The fraction of sp³-hybridized carbons (Fsp3) is 0.400. The molecule has 1 aliphatic carbocycles. The lowest BCUT2D eigenvalue weighted by molar-refractivity contribution is 0.0989. The van der Waals surface area contributed by atoms with E-state index in [0.717, 1.165) is 37.7 Å². The lowest BCUT2D eigenvalue weighted by Gasteiger charge is -2.31. The molecule has 2 atom stereocenters. The van der Waals surface area contributed by atoms with Crippen LogP contribution in [0, 0.1) is 12.8 Å². The van der Waals surface area contributed by atoms with Gasteiger partial charge in [-0.3, -0.25) is 4.18 Å². The van der Waals surface area contributed by atoms with E-state index < -0.39 is 10.1 Å². The molecule has 0 aliphatic heterocycles. The molecular weight excluding hydrogens is 320 g/mol. The summed E-state index contributed by atoms with van der Waals surface area (Å²) >= 11 is 0. The van der Waals surface area contributed by atoms with Gasteiger partial charge in [0.25, 0.3) is 10.1 Å². The van der Waals surface area contributed by atoms with Crippen LogP contribution in [0.15, 0.2) is 59.5 Å². The molecule has 2 aromatic carbocycles. The van der Waals surface area contributed by atoms with Crippen LogP contribution in [0.4, 0.5) is 0 Å². The first-order valence-electron chi connectivity index (χ1n) is 8.58. The third-order valence-corrected chi connectivity index (χ3v) is 6.09. The van der Waals surface area contributed by atoms with Gasteiger partial charge in [0.15, 0.2) is 0 Å². The van der Waals surface area contributed by atoms with Crippen molar-refractivity contribution in [1.82, 2.24) is 0 Å². The topological polar surface area (TPSA) is 43.4 Å². The molecule has 0 aromatic heterocycles. The van der Waals surface area contributed by atoms with Gasteiger partial charge in [0, 0.05) is 0 Å². The number of hydrogen-bond acceptors (Lipinski definition) is 3. The highest BCUT2D eigenvalue weighted by molar-refractivity contribution is 7.86. The Morgan fingerprint density at radius 3 is 2.33 bits per heavy atom. The highest BCUT2D eigenvalue weighted by Gasteiger charge is 2.31. The van der Waals surface area contributed by atoms with Crippen LogP contribution in [0.3, 0.4) is 0 Å².